The molecule has 1 aromatic heterocycles. The Balaban J connectivity index is 1.92. The maximum atomic E-state index is 14.2. The number of hydrogen-bond donors (Lipinski definition) is 5. The molecule has 0 fully saturated rings. The molecule has 0 radical (unpaired) electrons. The van der Waals surface area contributed by atoms with Crippen LogP contribution in [-0.2, 0) is 11.2 Å². The minimum atomic E-state index is -0.859. The summed E-state index contributed by atoms with van der Waals surface area (Å²) < 4.78 is 24.7. The maximum Gasteiger partial charge on any atom is 0.320 e. The van der Waals surface area contributed by atoms with Crippen LogP contribution in [0.5, 0.6) is 5.75 Å². The van der Waals surface area contributed by atoms with E-state index in [1.54, 1.807) is 12.1 Å². The number of aliphatic hydroxyl groups excluding tert-OH is 1. The van der Waals surface area contributed by atoms with Crippen molar-refractivity contribution in [3.63, 3.8) is 0 Å². The summed E-state index contributed by atoms with van der Waals surface area (Å²) in [7, 11) is 1.37. The third kappa shape index (κ3) is 5.47. The van der Waals surface area contributed by atoms with E-state index in [9.17, 15) is 14.3 Å². The van der Waals surface area contributed by atoms with Gasteiger partial charge in [-0.2, -0.15) is 0 Å². The van der Waals surface area contributed by atoms with Gasteiger partial charge in [-0.15, -0.1) is 0 Å². The predicted molar refractivity (Wildman–Crippen MR) is 115 cm³/mol. The SMILES string of the molecule is CCNc1c(C=N)cc2nc1C[C@@H](O)COC[C@H](c1ccc(OC)c(F)c1)NC(=O)N2. The lowest BCUT2D eigenvalue weighted by molar-refractivity contribution is 0.0283. The fourth-order valence-electron chi connectivity index (χ4n) is 3.36. The van der Waals surface area contributed by atoms with Gasteiger partial charge in [0.25, 0.3) is 0 Å². The number of fused-ring (bicyclic) bond motifs is 2. The lowest BCUT2D eigenvalue weighted by atomic mass is 10.1. The van der Waals surface area contributed by atoms with Gasteiger partial charge in [0, 0.05) is 24.7 Å². The molecule has 2 bridgehead atoms. The molecule has 1 aliphatic rings. The van der Waals surface area contributed by atoms with Crippen LogP contribution >= 0.6 is 0 Å². The summed E-state index contributed by atoms with van der Waals surface area (Å²) in [5.41, 5.74) is 2.16. The molecular formula is C21H26FN5O4. The number of hydrogen-bond acceptors (Lipinski definition) is 7. The van der Waals surface area contributed by atoms with E-state index in [-0.39, 0.29) is 31.2 Å². The Morgan fingerprint density at radius 1 is 1.42 bits per heavy atom. The Morgan fingerprint density at radius 2 is 2.23 bits per heavy atom. The van der Waals surface area contributed by atoms with Crippen LogP contribution in [0.15, 0.2) is 24.3 Å². The van der Waals surface area contributed by atoms with Crippen molar-refractivity contribution in [1.82, 2.24) is 10.3 Å². The number of amides is 2. The van der Waals surface area contributed by atoms with Gasteiger partial charge < -0.3 is 30.6 Å². The molecule has 0 unspecified atom stereocenters. The molecule has 1 aliphatic heterocycles. The molecule has 10 heteroatoms. The van der Waals surface area contributed by atoms with Crippen molar-refractivity contribution in [2.45, 2.75) is 25.5 Å². The number of methoxy groups -OCH3 is 1. The monoisotopic (exact) mass is 431 g/mol. The number of pyridine rings is 1. The van der Waals surface area contributed by atoms with E-state index in [0.717, 1.165) is 6.21 Å². The average molecular weight is 431 g/mol. The minimum absolute atomic E-state index is 0.00414. The normalized spacial score (nSPS) is 19.3. The van der Waals surface area contributed by atoms with E-state index in [0.29, 0.717) is 29.1 Å². The van der Waals surface area contributed by atoms with E-state index >= 15 is 0 Å². The van der Waals surface area contributed by atoms with Crippen LogP contribution in [0.3, 0.4) is 0 Å². The Kier molecular flexibility index (Phi) is 7.37. The number of aliphatic hydroxyl groups is 1. The molecule has 0 saturated heterocycles. The second-order valence-corrected chi connectivity index (χ2v) is 7.03. The first kappa shape index (κ1) is 22.4. The Hall–Kier alpha value is -3.24. The first-order chi connectivity index (χ1) is 14.9. The second kappa shape index (κ2) is 10.2. The van der Waals surface area contributed by atoms with Gasteiger partial charge in [0.15, 0.2) is 11.6 Å². The van der Waals surface area contributed by atoms with Crippen molar-refractivity contribution in [2.24, 2.45) is 0 Å². The first-order valence-electron chi connectivity index (χ1n) is 9.90. The van der Waals surface area contributed by atoms with Crippen LogP contribution < -0.4 is 20.7 Å². The summed E-state index contributed by atoms with van der Waals surface area (Å²) in [6, 6.07) is 4.72. The average Bonchev–Trinajstić information content (AvgIpc) is 2.73. The zero-order valence-corrected chi connectivity index (χ0v) is 17.4. The number of anilines is 2. The van der Waals surface area contributed by atoms with E-state index in [2.05, 4.69) is 20.9 Å². The van der Waals surface area contributed by atoms with Gasteiger partial charge in [0.05, 0.1) is 43.9 Å². The van der Waals surface area contributed by atoms with Gasteiger partial charge >= 0.3 is 6.03 Å². The van der Waals surface area contributed by atoms with Gasteiger partial charge in [-0.1, -0.05) is 6.07 Å². The van der Waals surface area contributed by atoms with Crippen LogP contribution in [0.2, 0.25) is 0 Å². The third-order valence-corrected chi connectivity index (χ3v) is 4.78. The molecular weight excluding hydrogens is 405 g/mol. The highest BCUT2D eigenvalue weighted by Gasteiger charge is 2.21. The molecule has 166 valence electrons. The lowest BCUT2D eigenvalue weighted by Gasteiger charge is -2.23. The summed E-state index contributed by atoms with van der Waals surface area (Å²) in [6.07, 6.45) is 0.466. The molecule has 31 heavy (non-hydrogen) atoms. The Bertz CT molecular complexity index is 956. The molecule has 0 saturated carbocycles. The molecule has 2 heterocycles. The Morgan fingerprint density at radius 3 is 2.90 bits per heavy atom. The van der Waals surface area contributed by atoms with Crippen molar-refractivity contribution in [3.8, 4) is 5.75 Å². The van der Waals surface area contributed by atoms with Crippen LogP contribution in [0.4, 0.5) is 20.7 Å². The van der Waals surface area contributed by atoms with Crippen LogP contribution in [0.1, 0.15) is 29.8 Å². The number of aromatic nitrogens is 1. The zero-order valence-electron chi connectivity index (χ0n) is 17.4. The molecule has 0 aliphatic carbocycles. The number of carbonyl (C=O) groups excluding carboxylic acids is 1. The molecule has 3 rings (SSSR count). The van der Waals surface area contributed by atoms with Crippen molar-refractivity contribution in [2.75, 3.05) is 37.5 Å². The number of benzene rings is 1. The number of rotatable bonds is 5. The van der Waals surface area contributed by atoms with Crippen LogP contribution in [-0.4, -0.2) is 55.3 Å². The van der Waals surface area contributed by atoms with Gasteiger partial charge in [-0.05, 0) is 30.7 Å². The lowest BCUT2D eigenvalue weighted by Crippen LogP contribution is -2.36. The predicted octanol–water partition coefficient (Wildman–Crippen LogP) is 2.46. The van der Waals surface area contributed by atoms with E-state index in [1.165, 1.54) is 19.2 Å². The molecule has 2 atom stereocenters. The number of nitrogens with one attached hydrogen (secondary N) is 4. The highest BCUT2D eigenvalue weighted by molar-refractivity contribution is 5.92. The number of carbonyl (C=O) groups is 1. The van der Waals surface area contributed by atoms with Crippen molar-refractivity contribution in [3.05, 3.63) is 46.9 Å². The quantitative estimate of drug-likeness (QED) is 0.463. The zero-order chi connectivity index (χ0) is 22.4. The molecule has 2 amide bonds. The summed E-state index contributed by atoms with van der Waals surface area (Å²) in [6.45, 7) is 2.55. The molecule has 9 nitrogen and oxygen atoms in total. The highest BCUT2D eigenvalue weighted by atomic mass is 19.1. The third-order valence-electron chi connectivity index (χ3n) is 4.78. The standard InChI is InChI=1S/C21H26FN5O4/c1-3-24-20-13(9-23)7-19-25-16(20)8-14(28)10-31-11-17(26-21(29)27-19)12-4-5-18(30-2)15(22)6-12/h4-7,9,14,17,23-24,28H,3,8,10-11H2,1-2H3,(H2,25,26,27,29)/t14-,17-/m1/s1. The second-order valence-electron chi connectivity index (χ2n) is 7.03. The highest BCUT2D eigenvalue weighted by Crippen LogP contribution is 2.25. The summed E-state index contributed by atoms with van der Waals surface area (Å²) in [5, 5.41) is 26.7. The number of ether oxygens (including phenoxy) is 2. The number of urea groups is 1. The summed E-state index contributed by atoms with van der Waals surface area (Å²) >= 11 is 0. The largest absolute Gasteiger partial charge is 0.494 e. The minimum Gasteiger partial charge on any atom is -0.494 e. The van der Waals surface area contributed by atoms with Crippen LogP contribution in [0, 0.1) is 11.2 Å². The van der Waals surface area contributed by atoms with Gasteiger partial charge in [0.1, 0.15) is 5.82 Å². The molecule has 2 aromatic rings. The van der Waals surface area contributed by atoms with Crippen LogP contribution in [0.25, 0.3) is 0 Å². The summed E-state index contributed by atoms with van der Waals surface area (Å²) in [4.78, 5) is 17.1. The van der Waals surface area contributed by atoms with E-state index in [1.807, 2.05) is 6.92 Å². The van der Waals surface area contributed by atoms with Gasteiger partial charge in [0.2, 0.25) is 0 Å². The van der Waals surface area contributed by atoms with Gasteiger partial charge in [-0.3, -0.25) is 5.32 Å². The number of nitrogens with zero attached hydrogens (tertiary/aromatic N) is 1. The number of halogens is 1. The topological polar surface area (TPSA) is 129 Å². The van der Waals surface area contributed by atoms with Crippen molar-refractivity contribution >= 4 is 23.8 Å². The fraction of sp³-hybridized carbons (Fsp3) is 0.381. The van der Waals surface area contributed by atoms with Gasteiger partial charge in [-0.25, -0.2) is 14.2 Å². The molecule has 0 spiro atoms. The van der Waals surface area contributed by atoms with E-state index in [4.69, 9.17) is 14.9 Å². The fourth-order valence-corrected chi connectivity index (χ4v) is 3.36. The first-order valence-corrected chi connectivity index (χ1v) is 9.90. The molecule has 1 aromatic carbocycles. The maximum absolute atomic E-state index is 14.2. The van der Waals surface area contributed by atoms with Crippen molar-refractivity contribution in [1.29, 1.82) is 5.41 Å². The Labute approximate surface area is 179 Å². The molecule has 5 N–H and O–H groups in total. The van der Waals surface area contributed by atoms with E-state index < -0.39 is 24.0 Å². The smallest absolute Gasteiger partial charge is 0.320 e. The van der Waals surface area contributed by atoms with Crippen molar-refractivity contribution < 1.29 is 23.8 Å². The summed E-state index contributed by atoms with van der Waals surface area (Å²) in [5.74, 6) is -0.232.